The topological polar surface area (TPSA) is 49.8 Å². The van der Waals surface area contributed by atoms with Gasteiger partial charge in [-0.25, -0.2) is 0 Å². The zero-order valence-corrected chi connectivity index (χ0v) is 13.7. The number of aliphatic hydroxyl groups excluding tert-OH is 1. The third-order valence-corrected chi connectivity index (χ3v) is 3.45. The van der Waals surface area contributed by atoms with Crippen molar-refractivity contribution in [2.75, 3.05) is 20.2 Å². The van der Waals surface area contributed by atoms with E-state index in [1.54, 1.807) is 18.9 Å². The number of rotatable bonds is 7. The van der Waals surface area contributed by atoms with Gasteiger partial charge in [-0.15, -0.1) is 0 Å². The summed E-state index contributed by atoms with van der Waals surface area (Å²) in [4.78, 5) is 13.6. The van der Waals surface area contributed by atoms with Crippen LogP contribution in [-0.2, 0) is 4.79 Å². The molecule has 0 aliphatic carbocycles. The Bertz CT molecular complexity index is 469. The molecule has 1 atom stereocenters. The number of aryl methyl sites for hydroxylation is 1. The highest BCUT2D eigenvalue weighted by Crippen LogP contribution is 2.27. The molecule has 0 heterocycles. The summed E-state index contributed by atoms with van der Waals surface area (Å²) >= 11 is 0. The first-order chi connectivity index (χ1) is 9.81. The molecule has 1 rings (SSSR count). The number of benzene rings is 1. The second-order valence-electron chi connectivity index (χ2n) is 5.94. The quantitative estimate of drug-likeness (QED) is 0.841. The molecule has 1 unspecified atom stereocenters. The predicted octanol–water partition coefficient (Wildman–Crippen LogP) is 2.73. The Hall–Kier alpha value is -1.55. The van der Waals surface area contributed by atoms with Gasteiger partial charge in [-0.05, 0) is 43.4 Å². The standard InChI is InChI=1S/C17H27NO3/c1-12(2)15-7-6-13(3)10-16(15)21-11-17(20)18(5)9-8-14(4)19/h6-7,10,12,14,19H,8-9,11H2,1-5H3. The summed E-state index contributed by atoms with van der Waals surface area (Å²) in [6, 6.07) is 6.08. The van der Waals surface area contributed by atoms with Gasteiger partial charge in [-0.2, -0.15) is 0 Å². The molecule has 0 aromatic heterocycles. The van der Waals surface area contributed by atoms with E-state index >= 15 is 0 Å². The number of amides is 1. The van der Waals surface area contributed by atoms with Gasteiger partial charge in [0.05, 0.1) is 6.10 Å². The average molecular weight is 293 g/mol. The number of carbonyl (C=O) groups excluding carboxylic acids is 1. The average Bonchev–Trinajstić information content (AvgIpc) is 2.41. The van der Waals surface area contributed by atoms with Crippen molar-refractivity contribution in [3.8, 4) is 5.75 Å². The molecule has 0 saturated heterocycles. The summed E-state index contributed by atoms with van der Waals surface area (Å²) < 4.78 is 5.72. The molecule has 0 bridgehead atoms. The van der Waals surface area contributed by atoms with E-state index in [-0.39, 0.29) is 12.5 Å². The number of carbonyl (C=O) groups is 1. The fourth-order valence-corrected chi connectivity index (χ4v) is 2.00. The first-order valence-corrected chi connectivity index (χ1v) is 7.46. The molecule has 1 amide bonds. The van der Waals surface area contributed by atoms with Gasteiger partial charge in [0.15, 0.2) is 6.61 Å². The molecular formula is C17H27NO3. The lowest BCUT2D eigenvalue weighted by atomic mass is 10.0. The van der Waals surface area contributed by atoms with Crippen LogP contribution >= 0.6 is 0 Å². The van der Waals surface area contributed by atoms with Crippen LogP contribution in [0.15, 0.2) is 18.2 Å². The van der Waals surface area contributed by atoms with E-state index < -0.39 is 6.10 Å². The minimum absolute atomic E-state index is 0.0273. The monoisotopic (exact) mass is 293 g/mol. The van der Waals surface area contributed by atoms with Gasteiger partial charge in [0.25, 0.3) is 5.91 Å². The van der Waals surface area contributed by atoms with Gasteiger partial charge in [0.2, 0.25) is 0 Å². The molecule has 0 fully saturated rings. The zero-order chi connectivity index (χ0) is 16.0. The normalized spacial score (nSPS) is 12.3. The summed E-state index contributed by atoms with van der Waals surface area (Å²) in [7, 11) is 1.73. The summed E-state index contributed by atoms with van der Waals surface area (Å²) in [5.74, 6) is 1.05. The van der Waals surface area contributed by atoms with Crippen molar-refractivity contribution in [2.45, 2.75) is 46.1 Å². The molecule has 0 aliphatic heterocycles. The molecule has 0 spiro atoms. The maximum absolute atomic E-state index is 12.0. The van der Waals surface area contributed by atoms with Crippen LogP contribution in [0.1, 0.15) is 44.2 Å². The number of likely N-dealkylation sites (N-methyl/N-ethyl adjacent to an activating group) is 1. The Labute approximate surface area is 127 Å². The minimum atomic E-state index is -0.398. The maximum Gasteiger partial charge on any atom is 0.260 e. The van der Waals surface area contributed by atoms with Gasteiger partial charge in [-0.3, -0.25) is 4.79 Å². The molecule has 0 saturated carbocycles. The lowest BCUT2D eigenvalue weighted by Gasteiger charge is -2.19. The molecule has 0 aliphatic rings. The molecule has 118 valence electrons. The zero-order valence-electron chi connectivity index (χ0n) is 13.7. The van der Waals surface area contributed by atoms with Crippen LogP contribution in [-0.4, -0.2) is 42.2 Å². The summed E-state index contributed by atoms with van der Waals surface area (Å²) in [5.41, 5.74) is 2.23. The smallest absolute Gasteiger partial charge is 0.260 e. The van der Waals surface area contributed by atoms with E-state index in [1.807, 2.05) is 13.0 Å². The third-order valence-electron chi connectivity index (χ3n) is 3.45. The van der Waals surface area contributed by atoms with Crippen molar-refractivity contribution in [2.24, 2.45) is 0 Å². The number of nitrogens with zero attached hydrogens (tertiary/aromatic N) is 1. The maximum atomic E-state index is 12.0. The van der Waals surface area contributed by atoms with E-state index in [0.717, 1.165) is 16.9 Å². The number of aliphatic hydroxyl groups is 1. The van der Waals surface area contributed by atoms with Crippen molar-refractivity contribution in [3.05, 3.63) is 29.3 Å². The molecular weight excluding hydrogens is 266 g/mol. The van der Waals surface area contributed by atoms with Crippen LogP contribution in [0.2, 0.25) is 0 Å². The number of hydrogen-bond acceptors (Lipinski definition) is 3. The Balaban J connectivity index is 2.62. The van der Waals surface area contributed by atoms with E-state index in [1.165, 1.54) is 0 Å². The Morgan fingerprint density at radius 3 is 2.57 bits per heavy atom. The lowest BCUT2D eigenvalue weighted by molar-refractivity contribution is -0.132. The van der Waals surface area contributed by atoms with Crippen LogP contribution in [0, 0.1) is 6.92 Å². The van der Waals surface area contributed by atoms with Crippen LogP contribution in [0.5, 0.6) is 5.75 Å². The van der Waals surface area contributed by atoms with E-state index in [9.17, 15) is 9.90 Å². The van der Waals surface area contributed by atoms with Gasteiger partial charge in [0, 0.05) is 13.6 Å². The van der Waals surface area contributed by atoms with Crippen LogP contribution in [0.4, 0.5) is 0 Å². The fourth-order valence-electron chi connectivity index (χ4n) is 2.00. The number of hydrogen-bond donors (Lipinski definition) is 1. The van der Waals surface area contributed by atoms with Crippen molar-refractivity contribution in [1.82, 2.24) is 4.90 Å². The van der Waals surface area contributed by atoms with Crippen molar-refractivity contribution < 1.29 is 14.6 Å². The molecule has 1 aromatic rings. The Morgan fingerprint density at radius 1 is 1.33 bits per heavy atom. The molecule has 1 aromatic carbocycles. The summed E-state index contributed by atoms with van der Waals surface area (Å²) in [6.45, 7) is 8.50. The Morgan fingerprint density at radius 2 is 2.00 bits per heavy atom. The third kappa shape index (κ3) is 5.76. The lowest BCUT2D eigenvalue weighted by Crippen LogP contribution is -2.33. The van der Waals surface area contributed by atoms with E-state index in [4.69, 9.17) is 4.74 Å². The first-order valence-electron chi connectivity index (χ1n) is 7.46. The van der Waals surface area contributed by atoms with Crippen molar-refractivity contribution >= 4 is 5.91 Å². The minimum Gasteiger partial charge on any atom is -0.483 e. The SMILES string of the molecule is Cc1ccc(C(C)C)c(OCC(=O)N(C)CCC(C)O)c1. The van der Waals surface area contributed by atoms with E-state index in [0.29, 0.717) is 18.9 Å². The van der Waals surface area contributed by atoms with Gasteiger partial charge < -0.3 is 14.7 Å². The van der Waals surface area contributed by atoms with Gasteiger partial charge >= 0.3 is 0 Å². The summed E-state index contributed by atoms with van der Waals surface area (Å²) in [5, 5.41) is 9.25. The highest BCUT2D eigenvalue weighted by Gasteiger charge is 2.13. The molecule has 4 heteroatoms. The van der Waals surface area contributed by atoms with Gasteiger partial charge in [0.1, 0.15) is 5.75 Å². The Kier molecular flexibility index (Phi) is 6.69. The van der Waals surface area contributed by atoms with Gasteiger partial charge in [-0.1, -0.05) is 26.0 Å². The number of ether oxygens (including phenoxy) is 1. The molecule has 21 heavy (non-hydrogen) atoms. The largest absolute Gasteiger partial charge is 0.483 e. The van der Waals surface area contributed by atoms with Crippen LogP contribution < -0.4 is 4.74 Å². The van der Waals surface area contributed by atoms with Crippen LogP contribution in [0.3, 0.4) is 0 Å². The molecule has 4 nitrogen and oxygen atoms in total. The van der Waals surface area contributed by atoms with Crippen molar-refractivity contribution in [3.63, 3.8) is 0 Å². The first kappa shape index (κ1) is 17.5. The summed E-state index contributed by atoms with van der Waals surface area (Å²) in [6.07, 6.45) is 0.176. The molecule has 1 N–H and O–H groups in total. The highest BCUT2D eigenvalue weighted by molar-refractivity contribution is 5.77. The molecule has 0 radical (unpaired) electrons. The second-order valence-corrected chi connectivity index (χ2v) is 5.94. The van der Waals surface area contributed by atoms with Crippen molar-refractivity contribution in [1.29, 1.82) is 0 Å². The second kappa shape index (κ2) is 8.03. The van der Waals surface area contributed by atoms with E-state index in [2.05, 4.69) is 26.0 Å². The highest BCUT2D eigenvalue weighted by atomic mass is 16.5. The fraction of sp³-hybridized carbons (Fsp3) is 0.588. The van der Waals surface area contributed by atoms with Crippen LogP contribution in [0.25, 0.3) is 0 Å². The predicted molar refractivity (Wildman–Crippen MR) is 84.7 cm³/mol.